The van der Waals surface area contributed by atoms with Crippen molar-refractivity contribution >= 4 is 11.0 Å². The number of nitrogens with one attached hydrogen (secondary N) is 1. The van der Waals surface area contributed by atoms with Crippen molar-refractivity contribution in [2.45, 2.75) is 26.3 Å². The molecule has 2 nitrogen and oxygen atoms in total. The Balaban J connectivity index is 2.30. The van der Waals surface area contributed by atoms with Gasteiger partial charge in [-0.25, -0.2) is 4.39 Å². The van der Waals surface area contributed by atoms with E-state index in [0.29, 0.717) is 17.4 Å². The predicted octanol–water partition coefficient (Wildman–Crippen LogP) is 3.25. The number of halogens is 2. The van der Waals surface area contributed by atoms with Gasteiger partial charge in [0.25, 0.3) is 6.01 Å². The van der Waals surface area contributed by atoms with Gasteiger partial charge in [0.15, 0.2) is 0 Å². The average molecular weight is 239 g/mol. The Morgan fingerprint density at radius 1 is 1.29 bits per heavy atom. The Bertz CT molecular complexity index is 521. The van der Waals surface area contributed by atoms with Crippen LogP contribution in [-0.4, -0.2) is 12.6 Å². The van der Waals surface area contributed by atoms with E-state index in [0.717, 1.165) is 6.54 Å². The molecule has 0 fully saturated rings. The van der Waals surface area contributed by atoms with Crippen LogP contribution in [0.5, 0.6) is 0 Å². The third-order valence-electron chi connectivity index (χ3n) is 2.73. The SMILES string of the molecule is CCN[C@@H](C)Cc1cc2cc(F)oc2cc1F. The molecule has 1 atom stereocenters. The molecule has 1 aromatic heterocycles. The zero-order valence-corrected chi connectivity index (χ0v) is 9.89. The van der Waals surface area contributed by atoms with Crippen molar-refractivity contribution in [1.82, 2.24) is 5.32 Å². The standard InChI is InChI=1S/C13H15F2NO/c1-3-16-8(2)4-9-5-10-6-13(15)17-12(10)7-11(9)14/h5-8,16H,3-4H2,1-2H3/t8-/m0/s1. The number of rotatable bonds is 4. The minimum absolute atomic E-state index is 0.184. The summed E-state index contributed by atoms with van der Waals surface area (Å²) in [6, 6.07) is 3.66. The zero-order chi connectivity index (χ0) is 12.4. The number of furan rings is 1. The van der Waals surface area contributed by atoms with Crippen LogP contribution in [0, 0.1) is 11.8 Å². The summed E-state index contributed by atoms with van der Waals surface area (Å²) in [5.41, 5.74) is 0.826. The van der Waals surface area contributed by atoms with Crippen LogP contribution >= 0.6 is 0 Å². The highest BCUT2D eigenvalue weighted by Gasteiger charge is 2.11. The lowest BCUT2D eigenvalue weighted by Crippen LogP contribution is -2.27. The van der Waals surface area contributed by atoms with Gasteiger partial charge in [0.1, 0.15) is 11.4 Å². The average Bonchev–Trinajstić information content (AvgIpc) is 2.58. The van der Waals surface area contributed by atoms with Crippen LogP contribution in [0.2, 0.25) is 0 Å². The molecular formula is C13H15F2NO. The van der Waals surface area contributed by atoms with Crippen LogP contribution < -0.4 is 5.32 Å². The molecule has 0 spiro atoms. The third kappa shape index (κ3) is 2.64. The maximum Gasteiger partial charge on any atom is 0.278 e. The topological polar surface area (TPSA) is 25.2 Å². The zero-order valence-electron chi connectivity index (χ0n) is 9.89. The molecular weight excluding hydrogens is 224 g/mol. The van der Waals surface area contributed by atoms with Crippen molar-refractivity contribution in [2.75, 3.05) is 6.54 Å². The highest BCUT2D eigenvalue weighted by atomic mass is 19.1. The largest absolute Gasteiger partial charge is 0.431 e. The second-order valence-electron chi connectivity index (χ2n) is 4.19. The van der Waals surface area contributed by atoms with Crippen molar-refractivity contribution < 1.29 is 13.2 Å². The van der Waals surface area contributed by atoms with Crippen LogP contribution in [0.1, 0.15) is 19.4 Å². The van der Waals surface area contributed by atoms with Crippen LogP contribution in [0.25, 0.3) is 11.0 Å². The maximum absolute atomic E-state index is 13.7. The molecule has 1 N–H and O–H groups in total. The molecule has 0 aliphatic rings. The molecule has 0 unspecified atom stereocenters. The second-order valence-corrected chi connectivity index (χ2v) is 4.19. The Hall–Kier alpha value is -1.42. The van der Waals surface area contributed by atoms with E-state index in [9.17, 15) is 8.78 Å². The van der Waals surface area contributed by atoms with Gasteiger partial charge >= 0.3 is 0 Å². The smallest absolute Gasteiger partial charge is 0.278 e. The number of likely N-dealkylation sites (N-methyl/N-ethyl adjacent to an activating group) is 1. The molecule has 1 heterocycles. The number of hydrogen-bond donors (Lipinski definition) is 1. The van der Waals surface area contributed by atoms with E-state index in [-0.39, 0.29) is 17.4 Å². The molecule has 1 aromatic carbocycles. The van der Waals surface area contributed by atoms with Gasteiger partial charge in [0.2, 0.25) is 0 Å². The maximum atomic E-state index is 13.7. The molecule has 0 bridgehead atoms. The highest BCUT2D eigenvalue weighted by molar-refractivity contribution is 5.78. The Morgan fingerprint density at radius 2 is 2.06 bits per heavy atom. The van der Waals surface area contributed by atoms with Gasteiger partial charge in [-0.15, -0.1) is 0 Å². The van der Waals surface area contributed by atoms with Crippen molar-refractivity contribution in [3.8, 4) is 0 Å². The number of fused-ring (bicyclic) bond motifs is 1. The van der Waals surface area contributed by atoms with Crippen molar-refractivity contribution in [3.63, 3.8) is 0 Å². The quantitative estimate of drug-likeness (QED) is 0.886. The lowest BCUT2D eigenvalue weighted by molar-refractivity contribution is 0.380. The fraction of sp³-hybridized carbons (Fsp3) is 0.385. The first-order valence-corrected chi connectivity index (χ1v) is 5.71. The molecule has 0 radical (unpaired) electrons. The summed E-state index contributed by atoms with van der Waals surface area (Å²) < 4.78 is 31.3. The van der Waals surface area contributed by atoms with E-state index in [4.69, 9.17) is 4.42 Å². The first-order valence-electron chi connectivity index (χ1n) is 5.71. The molecule has 0 amide bonds. The fourth-order valence-corrected chi connectivity index (χ4v) is 1.98. The van der Waals surface area contributed by atoms with E-state index < -0.39 is 6.01 Å². The molecule has 2 aromatic rings. The van der Waals surface area contributed by atoms with Gasteiger partial charge in [0, 0.05) is 23.6 Å². The van der Waals surface area contributed by atoms with Crippen LogP contribution in [0.4, 0.5) is 8.78 Å². The van der Waals surface area contributed by atoms with E-state index >= 15 is 0 Å². The van der Waals surface area contributed by atoms with Crippen molar-refractivity contribution in [3.05, 3.63) is 35.6 Å². The first kappa shape index (κ1) is 12.0. The summed E-state index contributed by atoms with van der Waals surface area (Å²) in [5, 5.41) is 3.81. The van der Waals surface area contributed by atoms with Gasteiger partial charge in [-0.2, -0.15) is 4.39 Å². The Morgan fingerprint density at radius 3 is 2.76 bits per heavy atom. The van der Waals surface area contributed by atoms with E-state index in [2.05, 4.69) is 5.32 Å². The van der Waals surface area contributed by atoms with Crippen molar-refractivity contribution in [1.29, 1.82) is 0 Å². The summed E-state index contributed by atoms with van der Waals surface area (Å²) in [6.07, 6.45) is 0.572. The van der Waals surface area contributed by atoms with Crippen LogP contribution in [-0.2, 0) is 6.42 Å². The normalized spacial score (nSPS) is 13.2. The van der Waals surface area contributed by atoms with Crippen LogP contribution in [0.15, 0.2) is 22.6 Å². The molecule has 2 rings (SSSR count). The van der Waals surface area contributed by atoms with Gasteiger partial charge in [-0.05, 0) is 31.5 Å². The first-order chi connectivity index (χ1) is 8.10. The molecule has 0 saturated heterocycles. The van der Waals surface area contributed by atoms with E-state index in [1.165, 1.54) is 12.1 Å². The Kier molecular flexibility index (Phi) is 3.43. The summed E-state index contributed by atoms with van der Waals surface area (Å²) in [6.45, 7) is 4.83. The van der Waals surface area contributed by atoms with Gasteiger partial charge < -0.3 is 9.73 Å². The molecule has 0 aliphatic heterocycles. The number of benzene rings is 1. The van der Waals surface area contributed by atoms with Gasteiger partial charge in [-0.3, -0.25) is 0 Å². The lowest BCUT2D eigenvalue weighted by atomic mass is 10.0. The molecule has 92 valence electrons. The molecule has 0 saturated carbocycles. The minimum Gasteiger partial charge on any atom is -0.431 e. The Labute approximate surface area is 98.6 Å². The summed E-state index contributed by atoms with van der Waals surface area (Å²) in [7, 11) is 0. The molecule has 4 heteroatoms. The monoisotopic (exact) mass is 239 g/mol. The van der Waals surface area contributed by atoms with Gasteiger partial charge in [-0.1, -0.05) is 6.92 Å². The lowest BCUT2D eigenvalue weighted by Gasteiger charge is -2.12. The fourth-order valence-electron chi connectivity index (χ4n) is 1.98. The second kappa shape index (κ2) is 4.84. The number of hydrogen-bond acceptors (Lipinski definition) is 2. The highest BCUT2D eigenvalue weighted by Crippen LogP contribution is 2.23. The van der Waals surface area contributed by atoms with Crippen molar-refractivity contribution in [2.24, 2.45) is 0 Å². The third-order valence-corrected chi connectivity index (χ3v) is 2.73. The predicted molar refractivity (Wildman–Crippen MR) is 63.0 cm³/mol. The molecule has 0 aliphatic carbocycles. The summed E-state index contributed by atoms with van der Waals surface area (Å²) in [5.74, 6) is -0.350. The minimum atomic E-state index is -0.684. The van der Waals surface area contributed by atoms with Gasteiger partial charge in [0.05, 0.1) is 0 Å². The van der Waals surface area contributed by atoms with E-state index in [1.807, 2.05) is 13.8 Å². The summed E-state index contributed by atoms with van der Waals surface area (Å²) in [4.78, 5) is 0. The molecule has 17 heavy (non-hydrogen) atoms. The van der Waals surface area contributed by atoms with Crippen LogP contribution in [0.3, 0.4) is 0 Å². The van der Waals surface area contributed by atoms with E-state index in [1.54, 1.807) is 6.07 Å². The summed E-state index contributed by atoms with van der Waals surface area (Å²) >= 11 is 0.